The lowest BCUT2D eigenvalue weighted by Crippen LogP contribution is -2.37. The molecule has 0 bridgehead atoms. The monoisotopic (exact) mass is 517 g/mol. The van der Waals surface area contributed by atoms with Gasteiger partial charge >= 0.3 is 6.18 Å². The maximum atomic E-state index is 12.1. The standard InChI is InChI=1S/C19H30F3N3O2.HI/c1-4-26-11-12-27-17-13-15(2)7-8-16(17)14-25-18(23-3)24-10-6-5-9-19(20,21)22;/h7-8,13H,4-6,9-12,14H2,1-3H3,(H2,23,24,25);1H. The van der Waals surface area contributed by atoms with Crippen LogP contribution in [0.25, 0.3) is 0 Å². The third kappa shape index (κ3) is 12.3. The Morgan fingerprint density at radius 2 is 1.89 bits per heavy atom. The first-order valence-electron chi connectivity index (χ1n) is 9.17. The number of aliphatic imine (C=N–C) groups is 1. The van der Waals surface area contributed by atoms with Gasteiger partial charge in [0.05, 0.1) is 6.61 Å². The van der Waals surface area contributed by atoms with E-state index in [9.17, 15) is 13.2 Å². The zero-order valence-electron chi connectivity index (χ0n) is 16.7. The Bertz CT molecular complexity index is 584. The molecule has 0 aliphatic carbocycles. The molecule has 0 amide bonds. The number of ether oxygens (including phenoxy) is 2. The highest BCUT2D eigenvalue weighted by Crippen LogP contribution is 2.22. The van der Waals surface area contributed by atoms with E-state index in [1.807, 2.05) is 32.0 Å². The average Bonchev–Trinajstić information content (AvgIpc) is 2.61. The number of nitrogens with one attached hydrogen (secondary N) is 2. The summed E-state index contributed by atoms with van der Waals surface area (Å²) in [4.78, 5) is 4.09. The Hall–Kier alpha value is -1.23. The molecule has 1 rings (SSSR count). The van der Waals surface area contributed by atoms with E-state index in [-0.39, 0.29) is 30.4 Å². The van der Waals surface area contributed by atoms with Crippen LogP contribution in [0.1, 0.15) is 37.3 Å². The second-order valence-corrected chi connectivity index (χ2v) is 6.08. The van der Waals surface area contributed by atoms with Gasteiger partial charge in [-0.05, 0) is 38.3 Å². The molecular weight excluding hydrogens is 486 g/mol. The molecule has 0 fully saturated rings. The van der Waals surface area contributed by atoms with Crippen LogP contribution in [0.15, 0.2) is 23.2 Å². The lowest BCUT2D eigenvalue weighted by atomic mass is 10.1. The number of guanidine groups is 1. The topological polar surface area (TPSA) is 54.9 Å². The molecule has 28 heavy (non-hydrogen) atoms. The van der Waals surface area contributed by atoms with E-state index in [0.29, 0.717) is 45.3 Å². The molecule has 2 N–H and O–H groups in total. The van der Waals surface area contributed by atoms with Gasteiger partial charge in [-0.25, -0.2) is 0 Å². The fourth-order valence-electron chi connectivity index (χ4n) is 2.35. The number of rotatable bonds is 11. The molecule has 9 heteroatoms. The van der Waals surface area contributed by atoms with E-state index in [0.717, 1.165) is 16.9 Å². The third-order valence-corrected chi connectivity index (χ3v) is 3.76. The highest BCUT2D eigenvalue weighted by Gasteiger charge is 2.25. The first-order chi connectivity index (χ1) is 12.9. The van der Waals surface area contributed by atoms with E-state index >= 15 is 0 Å². The summed E-state index contributed by atoms with van der Waals surface area (Å²) in [6.45, 7) is 6.50. The Morgan fingerprint density at radius 1 is 1.14 bits per heavy atom. The average molecular weight is 517 g/mol. The Morgan fingerprint density at radius 3 is 2.54 bits per heavy atom. The van der Waals surface area contributed by atoms with Crippen LogP contribution >= 0.6 is 24.0 Å². The fourth-order valence-corrected chi connectivity index (χ4v) is 2.35. The second-order valence-electron chi connectivity index (χ2n) is 6.08. The largest absolute Gasteiger partial charge is 0.491 e. The molecule has 0 heterocycles. The maximum absolute atomic E-state index is 12.1. The van der Waals surface area contributed by atoms with Crippen LogP contribution in [0.4, 0.5) is 13.2 Å². The summed E-state index contributed by atoms with van der Waals surface area (Å²) in [5.74, 6) is 1.32. The molecule has 0 aliphatic heterocycles. The van der Waals surface area contributed by atoms with E-state index in [2.05, 4.69) is 15.6 Å². The molecule has 162 valence electrons. The van der Waals surface area contributed by atoms with Crippen molar-refractivity contribution >= 4 is 29.9 Å². The minimum atomic E-state index is -4.09. The van der Waals surface area contributed by atoms with Gasteiger partial charge in [-0.2, -0.15) is 13.2 Å². The number of alkyl halides is 3. The first kappa shape index (κ1) is 26.8. The maximum Gasteiger partial charge on any atom is 0.389 e. The smallest absolute Gasteiger partial charge is 0.389 e. The van der Waals surface area contributed by atoms with Gasteiger partial charge in [0.15, 0.2) is 5.96 Å². The fraction of sp³-hybridized carbons (Fsp3) is 0.632. The number of hydrogen-bond donors (Lipinski definition) is 2. The third-order valence-electron chi connectivity index (χ3n) is 3.76. The van der Waals surface area contributed by atoms with Crippen molar-refractivity contribution in [3.05, 3.63) is 29.3 Å². The second kappa shape index (κ2) is 14.7. The Labute approximate surface area is 182 Å². The van der Waals surface area contributed by atoms with E-state index in [1.165, 1.54) is 0 Å². The van der Waals surface area contributed by atoms with Crippen LogP contribution in [0.5, 0.6) is 5.75 Å². The van der Waals surface area contributed by atoms with Gasteiger partial charge in [0, 0.05) is 38.7 Å². The highest BCUT2D eigenvalue weighted by atomic mass is 127. The van der Waals surface area contributed by atoms with Crippen molar-refractivity contribution in [2.45, 2.75) is 45.8 Å². The van der Waals surface area contributed by atoms with Gasteiger partial charge in [0.2, 0.25) is 0 Å². The Kier molecular flexibility index (Phi) is 14.1. The van der Waals surface area contributed by atoms with E-state index < -0.39 is 12.6 Å². The van der Waals surface area contributed by atoms with Gasteiger partial charge in [0.1, 0.15) is 12.4 Å². The van der Waals surface area contributed by atoms with Crippen LogP contribution in [0.3, 0.4) is 0 Å². The van der Waals surface area contributed by atoms with Crippen LogP contribution < -0.4 is 15.4 Å². The van der Waals surface area contributed by atoms with Gasteiger partial charge in [-0.3, -0.25) is 4.99 Å². The number of aryl methyl sites for hydroxylation is 1. The molecule has 0 aliphatic rings. The molecule has 0 saturated carbocycles. The number of halogens is 4. The first-order valence-corrected chi connectivity index (χ1v) is 9.17. The molecule has 1 aromatic rings. The van der Waals surface area contributed by atoms with Gasteiger partial charge in [-0.1, -0.05) is 12.1 Å². The van der Waals surface area contributed by atoms with Crippen molar-refractivity contribution < 1.29 is 22.6 Å². The molecule has 0 atom stereocenters. The normalized spacial score (nSPS) is 11.7. The quantitative estimate of drug-likeness (QED) is 0.198. The van der Waals surface area contributed by atoms with E-state index in [1.54, 1.807) is 7.05 Å². The molecule has 1 aromatic carbocycles. The molecule has 0 saturated heterocycles. The predicted octanol–water partition coefficient (Wildman–Crippen LogP) is 4.43. The van der Waals surface area contributed by atoms with E-state index in [4.69, 9.17) is 9.47 Å². The Balaban J connectivity index is 0.00000729. The van der Waals surface area contributed by atoms with Crippen LogP contribution in [-0.4, -0.2) is 45.5 Å². The summed E-state index contributed by atoms with van der Waals surface area (Å²) in [7, 11) is 1.62. The van der Waals surface area contributed by atoms with Crippen molar-refractivity contribution in [3.8, 4) is 5.75 Å². The molecule has 0 unspecified atom stereocenters. The van der Waals surface area contributed by atoms with Gasteiger partial charge in [-0.15, -0.1) is 24.0 Å². The minimum Gasteiger partial charge on any atom is -0.491 e. The molecule has 0 spiro atoms. The SMILES string of the molecule is CCOCCOc1cc(C)ccc1CNC(=NC)NCCCCC(F)(F)F.I. The van der Waals surface area contributed by atoms with Crippen molar-refractivity contribution in [2.75, 3.05) is 33.4 Å². The molecule has 5 nitrogen and oxygen atoms in total. The van der Waals surface area contributed by atoms with Gasteiger partial charge < -0.3 is 20.1 Å². The summed E-state index contributed by atoms with van der Waals surface area (Å²) in [5, 5.41) is 6.19. The number of benzene rings is 1. The van der Waals surface area contributed by atoms with Crippen LogP contribution in [0, 0.1) is 6.92 Å². The predicted molar refractivity (Wildman–Crippen MR) is 117 cm³/mol. The highest BCUT2D eigenvalue weighted by molar-refractivity contribution is 14.0. The zero-order chi connectivity index (χ0) is 20.1. The van der Waals surface area contributed by atoms with Crippen molar-refractivity contribution in [3.63, 3.8) is 0 Å². The lowest BCUT2D eigenvalue weighted by Gasteiger charge is -2.15. The van der Waals surface area contributed by atoms with Gasteiger partial charge in [0.25, 0.3) is 0 Å². The van der Waals surface area contributed by atoms with Crippen molar-refractivity contribution in [1.29, 1.82) is 0 Å². The summed E-state index contributed by atoms with van der Waals surface area (Å²) in [6, 6.07) is 5.95. The summed E-state index contributed by atoms with van der Waals surface area (Å²) in [5.41, 5.74) is 2.06. The summed E-state index contributed by atoms with van der Waals surface area (Å²) in [6.07, 6.45) is -4.32. The van der Waals surface area contributed by atoms with Crippen LogP contribution in [0.2, 0.25) is 0 Å². The van der Waals surface area contributed by atoms with Crippen LogP contribution in [-0.2, 0) is 11.3 Å². The minimum absolute atomic E-state index is 0. The number of unbranched alkanes of at least 4 members (excludes halogenated alkanes) is 1. The van der Waals surface area contributed by atoms with Crippen molar-refractivity contribution in [1.82, 2.24) is 10.6 Å². The number of hydrogen-bond acceptors (Lipinski definition) is 3. The summed E-state index contributed by atoms with van der Waals surface area (Å²) >= 11 is 0. The molecule has 0 aromatic heterocycles. The lowest BCUT2D eigenvalue weighted by molar-refractivity contribution is -0.135. The molecular formula is C19H31F3IN3O2. The summed E-state index contributed by atoms with van der Waals surface area (Å²) < 4.78 is 47.5. The molecule has 0 radical (unpaired) electrons. The van der Waals surface area contributed by atoms with Crippen molar-refractivity contribution in [2.24, 2.45) is 4.99 Å². The number of nitrogens with zero attached hydrogens (tertiary/aromatic N) is 1. The zero-order valence-corrected chi connectivity index (χ0v) is 19.0.